The third-order valence-corrected chi connectivity index (χ3v) is 3.60. The van der Waals surface area contributed by atoms with Gasteiger partial charge in [0.05, 0.1) is 11.8 Å². The molecule has 0 saturated carbocycles. The van der Waals surface area contributed by atoms with E-state index in [1.54, 1.807) is 24.0 Å². The van der Waals surface area contributed by atoms with Crippen LogP contribution < -0.4 is 4.90 Å². The van der Waals surface area contributed by atoms with E-state index < -0.39 is 6.10 Å². The van der Waals surface area contributed by atoms with Gasteiger partial charge in [0.15, 0.2) is 0 Å². The lowest BCUT2D eigenvalue weighted by Gasteiger charge is -2.36. The average molecular weight is 280 g/mol. The number of rotatable bonds is 4. The summed E-state index contributed by atoms with van der Waals surface area (Å²) in [6.07, 6.45) is 0.419. The molecule has 1 aliphatic rings. The van der Waals surface area contributed by atoms with Crippen molar-refractivity contribution in [3.05, 3.63) is 30.1 Å². The second-order valence-electron chi connectivity index (χ2n) is 5.21. The summed E-state index contributed by atoms with van der Waals surface area (Å²) < 4.78 is 13.7. The number of amides is 1. The van der Waals surface area contributed by atoms with Crippen LogP contribution in [0, 0.1) is 5.82 Å². The number of halogens is 1. The molecule has 1 atom stereocenters. The Morgan fingerprint density at radius 2 is 1.95 bits per heavy atom. The fraction of sp³-hybridized carbons (Fsp3) is 0.533. The number of piperazine rings is 1. The van der Waals surface area contributed by atoms with Crippen LogP contribution in [0.15, 0.2) is 24.3 Å². The number of hydrogen-bond acceptors (Lipinski definition) is 3. The van der Waals surface area contributed by atoms with E-state index in [0.717, 1.165) is 0 Å². The van der Waals surface area contributed by atoms with Crippen LogP contribution in [0.4, 0.5) is 10.1 Å². The lowest BCUT2D eigenvalue weighted by atomic mass is 10.2. The Morgan fingerprint density at radius 3 is 2.55 bits per heavy atom. The quantitative estimate of drug-likeness (QED) is 0.912. The van der Waals surface area contributed by atoms with Crippen molar-refractivity contribution in [1.82, 2.24) is 4.90 Å². The molecule has 1 aromatic carbocycles. The van der Waals surface area contributed by atoms with Gasteiger partial charge in [-0.25, -0.2) is 4.39 Å². The van der Waals surface area contributed by atoms with Gasteiger partial charge in [-0.15, -0.1) is 0 Å². The number of aliphatic hydroxyl groups is 1. The molecule has 20 heavy (non-hydrogen) atoms. The minimum atomic E-state index is -0.446. The minimum Gasteiger partial charge on any atom is -0.393 e. The summed E-state index contributed by atoms with van der Waals surface area (Å²) in [5.74, 6) is -0.152. The predicted molar refractivity (Wildman–Crippen MR) is 76.1 cm³/mol. The van der Waals surface area contributed by atoms with Crippen molar-refractivity contribution in [3.8, 4) is 0 Å². The van der Waals surface area contributed by atoms with E-state index in [1.165, 1.54) is 6.07 Å². The van der Waals surface area contributed by atoms with Gasteiger partial charge in [-0.2, -0.15) is 0 Å². The van der Waals surface area contributed by atoms with Crippen LogP contribution in [-0.4, -0.2) is 48.2 Å². The molecule has 1 fully saturated rings. The van der Waals surface area contributed by atoms with Gasteiger partial charge >= 0.3 is 0 Å². The Kier molecular flexibility index (Phi) is 4.95. The maximum Gasteiger partial charge on any atom is 0.222 e. The van der Waals surface area contributed by atoms with Crippen LogP contribution in [-0.2, 0) is 4.79 Å². The van der Waals surface area contributed by atoms with E-state index in [2.05, 4.69) is 0 Å². The molecule has 1 unspecified atom stereocenters. The van der Waals surface area contributed by atoms with Gasteiger partial charge in [-0.05, 0) is 25.5 Å². The molecule has 1 amide bonds. The van der Waals surface area contributed by atoms with Crippen LogP contribution in [0.3, 0.4) is 0 Å². The number of nitrogens with zero attached hydrogens (tertiary/aromatic N) is 2. The molecular formula is C15H21FN2O2. The highest BCUT2D eigenvalue weighted by molar-refractivity contribution is 5.76. The molecule has 1 N–H and O–H groups in total. The first-order chi connectivity index (χ1) is 9.58. The van der Waals surface area contributed by atoms with Gasteiger partial charge in [-0.3, -0.25) is 4.79 Å². The largest absolute Gasteiger partial charge is 0.393 e. The summed E-state index contributed by atoms with van der Waals surface area (Å²) in [5, 5.41) is 9.20. The summed E-state index contributed by atoms with van der Waals surface area (Å²) in [6.45, 7) is 4.17. The van der Waals surface area contributed by atoms with Crippen LogP contribution in [0.25, 0.3) is 0 Å². The molecule has 2 rings (SSSR count). The number of para-hydroxylation sites is 1. The molecule has 0 bridgehead atoms. The summed E-state index contributed by atoms with van der Waals surface area (Å²) in [5.41, 5.74) is 0.601. The van der Waals surface area contributed by atoms with Crippen LogP contribution in [0.1, 0.15) is 19.8 Å². The molecular weight excluding hydrogens is 259 g/mol. The number of anilines is 1. The summed E-state index contributed by atoms with van der Waals surface area (Å²) in [4.78, 5) is 15.7. The van der Waals surface area contributed by atoms with Crippen molar-refractivity contribution in [2.45, 2.75) is 25.9 Å². The minimum absolute atomic E-state index is 0.0686. The van der Waals surface area contributed by atoms with E-state index in [-0.39, 0.29) is 11.7 Å². The first-order valence-corrected chi connectivity index (χ1v) is 7.03. The molecule has 5 heteroatoms. The fourth-order valence-corrected chi connectivity index (χ4v) is 2.40. The van der Waals surface area contributed by atoms with Gasteiger partial charge in [-0.1, -0.05) is 12.1 Å². The number of benzene rings is 1. The third-order valence-electron chi connectivity index (χ3n) is 3.60. The summed E-state index contributed by atoms with van der Waals surface area (Å²) in [6, 6.07) is 6.71. The smallest absolute Gasteiger partial charge is 0.222 e. The molecule has 1 heterocycles. The van der Waals surface area contributed by atoms with E-state index in [0.29, 0.717) is 44.7 Å². The molecule has 110 valence electrons. The zero-order valence-electron chi connectivity index (χ0n) is 11.8. The zero-order valence-corrected chi connectivity index (χ0v) is 11.8. The molecule has 0 radical (unpaired) electrons. The van der Waals surface area contributed by atoms with Crippen LogP contribution >= 0.6 is 0 Å². The number of aliphatic hydroxyl groups excluding tert-OH is 1. The van der Waals surface area contributed by atoms with E-state index in [4.69, 9.17) is 0 Å². The summed E-state index contributed by atoms with van der Waals surface area (Å²) >= 11 is 0. The number of carbonyl (C=O) groups is 1. The zero-order chi connectivity index (χ0) is 14.5. The van der Waals surface area contributed by atoms with E-state index in [9.17, 15) is 14.3 Å². The lowest BCUT2D eigenvalue weighted by molar-refractivity contribution is -0.132. The highest BCUT2D eigenvalue weighted by Crippen LogP contribution is 2.20. The molecule has 4 nitrogen and oxygen atoms in total. The van der Waals surface area contributed by atoms with Crippen molar-refractivity contribution in [2.75, 3.05) is 31.1 Å². The second kappa shape index (κ2) is 6.70. The Bertz CT molecular complexity index is 457. The highest BCUT2D eigenvalue weighted by atomic mass is 19.1. The Morgan fingerprint density at radius 1 is 1.30 bits per heavy atom. The van der Waals surface area contributed by atoms with Crippen LogP contribution in [0.5, 0.6) is 0 Å². The fourth-order valence-electron chi connectivity index (χ4n) is 2.40. The molecule has 0 spiro atoms. The third kappa shape index (κ3) is 3.70. The van der Waals surface area contributed by atoms with Crippen molar-refractivity contribution in [1.29, 1.82) is 0 Å². The molecule has 1 aliphatic heterocycles. The van der Waals surface area contributed by atoms with Crippen LogP contribution in [0.2, 0.25) is 0 Å². The van der Waals surface area contributed by atoms with Gasteiger partial charge in [0.1, 0.15) is 5.82 Å². The van der Waals surface area contributed by atoms with Crippen molar-refractivity contribution < 1.29 is 14.3 Å². The van der Waals surface area contributed by atoms with Crippen molar-refractivity contribution in [3.63, 3.8) is 0 Å². The SMILES string of the molecule is CC(O)CCC(=O)N1CCN(c2ccccc2F)CC1. The van der Waals surface area contributed by atoms with E-state index in [1.807, 2.05) is 11.0 Å². The first kappa shape index (κ1) is 14.8. The average Bonchev–Trinajstić information content (AvgIpc) is 2.45. The number of hydrogen-bond donors (Lipinski definition) is 1. The molecule has 1 saturated heterocycles. The topological polar surface area (TPSA) is 43.8 Å². The maximum absolute atomic E-state index is 13.7. The van der Waals surface area contributed by atoms with Gasteiger partial charge in [0, 0.05) is 32.6 Å². The Labute approximate surface area is 118 Å². The standard InChI is InChI=1S/C15H21FN2O2/c1-12(19)6-7-15(20)18-10-8-17(9-11-18)14-5-3-2-4-13(14)16/h2-5,12,19H,6-11H2,1H3. The predicted octanol–water partition coefficient (Wildman–Crippen LogP) is 1.64. The molecule has 1 aromatic rings. The lowest BCUT2D eigenvalue weighted by Crippen LogP contribution is -2.49. The molecule has 0 aliphatic carbocycles. The summed E-state index contributed by atoms with van der Waals surface area (Å²) in [7, 11) is 0. The van der Waals surface area contributed by atoms with Gasteiger partial charge in [0.25, 0.3) is 0 Å². The van der Waals surface area contributed by atoms with Crippen molar-refractivity contribution >= 4 is 11.6 Å². The first-order valence-electron chi connectivity index (χ1n) is 7.03. The number of carbonyl (C=O) groups excluding carboxylic acids is 1. The normalized spacial score (nSPS) is 17.1. The van der Waals surface area contributed by atoms with Gasteiger partial charge in [0.2, 0.25) is 5.91 Å². The van der Waals surface area contributed by atoms with Crippen molar-refractivity contribution in [2.24, 2.45) is 0 Å². The molecule has 0 aromatic heterocycles. The second-order valence-corrected chi connectivity index (χ2v) is 5.21. The highest BCUT2D eigenvalue weighted by Gasteiger charge is 2.22. The Hall–Kier alpha value is -1.62. The monoisotopic (exact) mass is 280 g/mol. The Balaban J connectivity index is 1.86. The maximum atomic E-state index is 13.7. The van der Waals surface area contributed by atoms with E-state index >= 15 is 0 Å². The van der Waals surface area contributed by atoms with Gasteiger partial charge < -0.3 is 14.9 Å².